The topological polar surface area (TPSA) is 46.1 Å². The molecule has 0 spiro atoms. The van der Waals surface area contributed by atoms with Gasteiger partial charge in [-0.2, -0.15) is 13.2 Å². The van der Waals surface area contributed by atoms with Crippen LogP contribution in [0, 0.1) is 0 Å². The molecule has 1 amide bonds. The summed E-state index contributed by atoms with van der Waals surface area (Å²) in [4.78, 5) is 22.8. The Balaban J connectivity index is 1.62. The molecule has 0 radical (unpaired) electrons. The number of alkyl halides is 3. The second-order valence-electron chi connectivity index (χ2n) is 7.27. The maximum atomic E-state index is 13.4. The van der Waals surface area contributed by atoms with Crippen molar-refractivity contribution < 1.29 is 18.0 Å². The fraction of sp³-hybridized carbons (Fsp3) is 0.261. The van der Waals surface area contributed by atoms with Gasteiger partial charge < -0.3 is 4.90 Å². The van der Waals surface area contributed by atoms with Crippen LogP contribution in [0.2, 0.25) is 0 Å². The minimum Gasteiger partial charge on any atom is -0.311 e. The van der Waals surface area contributed by atoms with Gasteiger partial charge in [0.15, 0.2) is 5.16 Å². The number of nitrogens with zero attached hydrogens (tertiary/aromatic N) is 3. The van der Waals surface area contributed by atoms with E-state index in [-0.39, 0.29) is 16.8 Å². The van der Waals surface area contributed by atoms with Crippen molar-refractivity contribution >= 4 is 23.4 Å². The molecule has 4 rings (SSSR count). The van der Waals surface area contributed by atoms with Crippen LogP contribution in [-0.4, -0.2) is 27.7 Å². The van der Waals surface area contributed by atoms with Crippen molar-refractivity contribution in [3.05, 3.63) is 71.9 Å². The number of aryl methyl sites for hydroxylation is 1. The van der Waals surface area contributed by atoms with Gasteiger partial charge in [-0.25, -0.2) is 9.97 Å². The normalized spacial score (nSPS) is 14.8. The predicted molar refractivity (Wildman–Crippen MR) is 115 cm³/mol. The predicted octanol–water partition coefficient (Wildman–Crippen LogP) is 5.62. The molecule has 0 fully saturated rings. The van der Waals surface area contributed by atoms with Crippen molar-refractivity contribution in [2.75, 3.05) is 11.4 Å². The molecule has 8 heteroatoms. The minimum absolute atomic E-state index is 0.0696. The highest BCUT2D eigenvalue weighted by molar-refractivity contribution is 8.00. The van der Waals surface area contributed by atoms with Crippen molar-refractivity contribution in [3.8, 4) is 11.3 Å². The van der Waals surface area contributed by atoms with Crippen LogP contribution in [0.3, 0.4) is 0 Å². The van der Waals surface area contributed by atoms with Gasteiger partial charge in [0.25, 0.3) is 0 Å². The first kappa shape index (κ1) is 21.4. The first-order valence-electron chi connectivity index (χ1n) is 9.90. The van der Waals surface area contributed by atoms with Gasteiger partial charge in [-0.3, -0.25) is 4.79 Å². The number of benzene rings is 2. The maximum absolute atomic E-state index is 13.4. The summed E-state index contributed by atoms with van der Waals surface area (Å²) in [6.07, 6.45) is -2.86. The number of rotatable bonds is 4. The zero-order valence-electron chi connectivity index (χ0n) is 16.8. The minimum atomic E-state index is -4.61. The summed E-state index contributed by atoms with van der Waals surface area (Å²) in [7, 11) is 0. The SMILES string of the molecule is C[C@H](Sc1nc(-c2ccccc2)cc(C(F)(F)F)n1)C(=O)N1CCCc2ccccc21. The maximum Gasteiger partial charge on any atom is 0.433 e. The Labute approximate surface area is 182 Å². The molecule has 2 heterocycles. The number of carbonyl (C=O) groups is 1. The molecule has 0 aliphatic carbocycles. The average Bonchev–Trinajstić information content (AvgIpc) is 2.78. The number of thioether (sulfide) groups is 1. The molecule has 1 atom stereocenters. The molecule has 0 saturated carbocycles. The van der Waals surface area contributed by atoms with E-state index in [0.29, 0.717) is 12.1 Å². The standard InChI is InChI=1S/C23H20F3N3OS/c1-15(21(30)29-13-7-11-17-10-5-6-12-19(17)29)31-22-27-18(16-8-3-2-4-9-16)14-20(28-22)23(24,25)26/h2-6,8-10,12,14-15H,7,11,13H2,1H3/t15-/m0/s1. The van der Waals surface area contributed by atoms with Crippen LogP contribution in [0.5, 0.6) is 0 Å². The summed E-state index contributed by atoms with van der Waals surface area (Å²) < 4.78 is 40.3. The molecule has 4 nitrogen and oxygen atoms in total. The van der Waals surface area contributed by atoms with Crippen LogP contribution in [0.15, 0.2) is 65.8 Å². The average molecular weight is 443 g/mol. The lowest BCUT2D eigenvalue weighted by Crippen LogP contribution is -2.40. The van der Waals surface area contributed by atoms with Crippen LogP contribution in [-0.2, 0) is 17.4 Å². The highest BCUT2D eigenvalue weighted by Crippen LogP contribution is 2.34. The van der Waals surface area contributed by atoms with Gasteiger partial charge in [0.1, 0.15) is 5.69 Å². The number of aromatic nitrogens is 2. The Bertz CT molecular complexity index is 1090. The largest absolute Gasteiger partial charge is 0.433 e. The van der Waals surface area contributed by atoms with Crippen LogP contribution in [0.25, 0.3) is 11.3 Å². The quantitative estimate of drug-likeness (QED) is 0.388. The Hall–Kier alpha value is -2.87. The Morgan fingerprint density at radius 3 is 2.52 bits per heavy atom. The molecular weight excluding hydrogens is 423 g/mol. The molecule has 31 heavy (non-hydrogen) atoms. The fourth-order valence-electron chi connectivity index (χ4n) is 3.57. The van der Waals surface area contributed by atoms with Crippen molar-refractivity contribution in [1.29, 1.82) is 0 Å². The molecule has 0 saturated heterocycles. The van der Waals surface area contributed by atoms with E-state index in [0.717, 1.165) is 41.9 Å². The number of halogens is 3. The first-order valence-corrected chi connectivity index (χ1v) is 10.8. The highest BCUT2D eigenvalue weighted by Gasteiger charge is 2.34. The van der Waals surface area contributed by atoms with E-state index < -0.39 is 17.1 Å². The Kier molecular flexibility index (Phi) is 6.00. The van der Waals surface area contributed by atoms with E-state index >= 15 is 0 Å². The third kappa shape index (κ3) is 4.74. The van der Waals surface area contributed by atoms with Crippen molar-refractivity contribution in [3.63, 3.8) is 0 Å². The summed E-state index contributed by atoms with van der Waals surface area (Å²) >= 11 is 0.946. The third-order valence-corrected chi connectivity index (χ3v) is 6.02. The van der Waals surface area contributed by atoms with Gasteiger partial charge in [0.2, 0.25) is 5.91 Å². The van der Waals surface area contributed by atoms with Gasteiger partial charge >= 0.3 is 6.18 Å². The summed E-state index contributed by atoms with van der Waals surface area (Å²) in [6.45, 7) is 2.26. The van der Waals surface area contributed by atoms with Gasteiger partial charge in [0, 0.05) is 17.8 Å². The molecule has 3 aromatic rings. The summed E-state index contributed by atoms with van der Waals surface area (Å²) in [6, 6.07) is 17.3. The van der Waals surface area contributed by atoms with E-state index in [2.05, 4.69) is 9.97 Å². The zero-order chi connectivity index (χ0) is 22.0. The molecule has 2 aromatic carbocycles. The summed E-state index contributed by atoms with van der Waals surface area (Å²) in [5.41, 5.74) is 1.67. The van der Waals surface area contributed by atoms with Crippen molar-refractivity contribution in [2.24, 2.45) is 0 Å². The van der Waals surface area contributed by atoms with E-state index in [1.54, 1.807) is 42.2 Å². The third-order valence-electron chi connectivity index (χ3n) is 5.07. The summed E-state index contributed by atoms with van der Waals surface area (Å²) in [5.74, 6) is -0.167. The number of carbonyl (C=O) groups excluding carboxylic acids is 1. The molecule has 160 valence electrons. The van der Waals surface area contributed by atoms with E-state index in [1.807, 2.05) is 24.3 Å². The van der Waals surface area contributed by atoms with Crippen LogP contribution < -0.4 is 4.90 Å². The monoisotopic (exact) mass is 443 g/mol. The number of para-hydroxylation sites is 1. The number of fused-ring (bicyclic) bond motifs is 1. The second-order valence-corrected chi connectivity index (χ2v) is 8.57. The fourth-order valence-corrected chi connectivity index (χ4v) is 4.42. The van der Waals surface area contributed by atoms with Crippen LogP contribution in [0.4, 0.5) is 18.9 Å². The van der Waals surface area contributed by atoms with Gasteiger partial charge in [-0.05, 0) is 37.5 Å². The number of hydrogen-bond acceptors (Lipinski definition) is 4. The van der Waals surface area contributed by atoms with Gasteiger partial charge in [-0.1, -0.05) is 60.3 Å². The van der Waals surface area contributed by atoms with Crippen molar-refractivity contribution in [1.82, 2.24) is 9.97 Å². The lowest BCUT2D eigenvalue weighted by atomic mass is 10.0. The molecule has 1 aliphatic heterocycles. The number of anilines is 1. The Morgan fingerprint density at radius 1 is 1.06 bits per heavy atom. The van der Waals surface area contributed by atoms with E-state index in [4.69, 9.17) is 0 Å². The molecular formula is C23H20F3N3OS. The molecule has 0 N–H and O–H groups in total. The second kappa shape index (κ2) is 8.70. The van der Waals surface area contributed by atoms with Crippen LogP contribution in [0.1, 0.15) is 24.6 Å². The Morgan fingerprint density at radius 2 is 1.77 bits per heavy atom. The molecule has 0 bridgehead atoms. The number of hydrogen-bond donors (Lipinski definition) is 0. The van der Waals surface area contributed by atoms with Gasteiger partial charge in [-0.15, -0.1) is 0 Å². The van der Waals surface area contributed by atoms with Crippen molar-refractivity contribution in [2.45, 2.75) is 36.3 Å². The molecule has 0 unspecified atom stereocenters. The summed E-state index contributed by atoms with van der Waals surface area (Å²) in [5, 5.41) is -0.710. The zero-order valence-corrected chi connectivity index (χ0v) is 17.6. The lowest BCUT2D eigenvalue weighted by molar-refractivity contribution is -0.141. The number of amides is 1. The smallest absolute Gasteiger partial charge is 0.311 e. The first-order chi connectivity index (χ1) is 14.8. The molecule has 1 aromatic heterocycles. The van der Waals surface area contributed by atoms with E-state index in [9.17, 15) is 18.0 Å². The van der Waals surface area contributed by atoms with Gasteiger partial charge in [0.05, 0.1) is 10.9 Å². The highest BCUT2D eigenvalue weighted by atomic mass is 32.2. The molecule has 1 aliphatic rings. The van der Waals surface area contributed by atoms with E-state index in [1.165, 1.54) is 0 Å². The van der Waals surface area contributed by atoms with Crippen LogP contribution >= 0.6 is 11.8 Å². The lowest BCUT2D eigenvalue weighted by Gasteiger charge is -2.31.